The lowest BCUT2D eigenvalue weighted by Gasteiger charge is -2.72. The lowest BCUT2D eigenvalue weighted by Crippen LogP contribution is -2.66. The highest BCUT2D eigenvalue weighted by Gasteiger charge is 2.69. The molecule has 3 heteroatoms. The summed E-state index contributed by atoms with van der Waals surface area (Å²) in [6.07, 6.45) is 11.6. The summed E-state index contributed by atoms with van der Waals surface area (Å²) in [5.74, 6) is 1.36. The molecule has 5 aliphatic rings. The van der Waals surface area contributed by atoms with Crippen LogP contribution in [0.15, 0.2) is 11.6 Å². The molecule has 4 saturated carbocycles. The van der Waals surface area contributed by atoms with Gasteiger partial charge in [0.15, 0.2) is 0 Å². The van der Waals surface area contributed by atoms with E-state index in [4.69, 9.17) is 0 Å². The number of aliphatic hydroxyl groups excluding tert-OH is 3. The second-order valence-corrected chi connectivity index (χ2v) is 15.2. The predicted octanol–water partition coefficient (Wildman–Crippen LogP) is 6.11. The zero-order valence-electron chi connectivity index (χ0n) is 22.4. The molecule has 10 atom stereocenters. The molecule has 5 aliphatic carbocycles. The van der Waals surface area contributed by atoms with E-state index in [0.717, 1.165) is 44.9 Å². The largest absolute Gasteiger partial charge is 0.396 e. The minimum Gasteiger partial charge on any atom is -0.396 e. The van der Waals surface area contributed by atoms with Crippen LogP contribution in [0, 0.1) is 50.2 Å². The van der Waals surface area contributed by atoms with Crippen LogP contribution >= 0.6 is 0 Å². The molecule has 0 heterocycles. The predicted molar refractivity (Wildman–Crippen MR) is 134 cm³/mol. The fraction of sp³-hybridized carbons (Fsp3) is 0.933. The van der Waals surface area contributed by atoms with Gasteiger partial charge < -0.3 is 15.3 Å². The van der Waals surface area contributed by atoms with Crippen LogP contribution in [0.3, 0.4) is 0 Å². The van der Waals surface area contributed by atoms with E-state index in [1.54, 1.807) is 5.57 Å². The van der Waals surface area contributed by atoms with Crippen molar-refractivity contribution < 1.29 is 15.3 Å². The highest BCUT2D eigenvalue weighted by molar-refractivity contribution is 5.34. The first-order valence-corrected chi connectivity index (χ1v) is 13.9. The molecular formula is C30H50O3. The number of rotatable bonds is 1. The van der Waals surface area contributed by atoms with Gasteiger partial charge in [-0.1, -0.05) is 60.1 Å². The minimum absolute atomic E-state index is 0.00950. The van der Waals surface area contributed by atoms with E-state index in [1.165, 1.54) is 12.8 Å². The number of hydrogen-bond acceptors (Lipinski definition) is 3. The molecule has 0 saturated heterocycles. The van der Waals surface area contributed by atoms with Crippen LogP contribution in [-0.2, 0) is 0 Å². The molecular weight excluding hydrogens is 408 g/mol. The molecule has 33 heavy (non-hydrogen) atoms. The van der Waals surface area contributed by atoms with E-state index in [1.807, 2.05) is 0 Å². The van der Waals surface area contributed by atoms with Crippen molar-refractivity contribution in [2.24, 2.45) is 50.2 Å². The first kappa shape index (κ1) is 24.3. The van der Waals surface area contributed by atoms with Crippen molar-refractivity contribution in [3.05, 3.63) is 11.6 Å². The second kappa shape index (κ2) is 7.10. The fourth-order valence-electron chi connectivity index (χ4n) is 10.6. The van der Waals surface area contributed by atoms with E-state index < -0.39 is 11.5 Å². The van der Waals surface area contributed by atoms with Gasteiger partial charge in [-0.05, 0) is 97.2 Å². The maximum Gasteiger partial charge on any atom is 0.0618 e. The maximum atomic E-state index is 11.7. The summed E-state index contributed by atoms with van der Waals surface area (Å²) in [5.41, 5.74) is 1.90. The first-order chi connectivity index (χ1) is 15.2. The molecule has 3 nitrogen and oxygen atoms in total. The average Bonchev–Trinajstić information content (AvgIpc) is 2.73. The zero-order valence-corrected chi connectivity index (χ0v) is 22.4. The molecule has 0 aliphatic heterocycles. The number of hydrogen-bond donors (Lipinski definition) is 3. The highest BCUT2D eigenvalue weighted by Crippen LogP contribution is 2.75. The van der Waals surface area contributed by atoms with Crippen LogP contribution in [0.1, 0.15) is 106 Å². The third-order valence-corrected chi connectivity index (χ3v) is 13.3. The average molecular weight is 459 g/mol. The zero-order chi connectivity index (χ0) is 24.2. The van der Waals surface area contributed by atoms with Crippen molar-refractivity contribution in [3.63, 3.8) is 0 Å². The number of fused-ring (bicyclic) bond motifs is 7. The Balaban J connectivity index is 1.60. The van der Waals surface area contributed by atoms with E-state index in [-0.39, 0.29) is 34.4 Å². The molecule has 0 aromatic carbocycles. The van der Waals surface area contributed by atoms with Crippen molar-refractivity contribution in [2.45, 2.75) is 118 Å². The Morgan fingerprint density at radius 3 is 2.15 bits per heavy atom. The van der Waals surface area contributed by atoms with Crippen LogP contribution in [0.4, 0.5) is 0 Å². The standard InChI is InChI=1S/C30H50O3/c1-25(2)14-15-26(3)20(16-25)19-8-9-22-27(4)12-11-23(32)28(5,18-31)21(27)10-13-29(22,6)30(19,7)17-24(26)33/h8,20-24,31-33H,9-18H2,1-7H3/t20-,21+,22-,23-,24+,26-,27-,28+,29+,30+/m0/s1. The molecule has 0 bridgehead atoms. The van der Waals surface area contributed by atoms with Gasteiger partial charge in [0.1, 0.15) is 0 Å². The second-order valence-electron chi connectivity index (χ2n) is 15.2. The van der Waals surface area contributed by atoms with Gasteiger partial charge in [-0.15, -0.1) is 0 Å². The minimum atomic E-state index is -0.406. The van der Waals surface area contributed by atoms with Crippen molar-refractivity contribution in [2.75, 3.05) is 6.61 Å². The highest BCUT2D eigenvalue weighted by atomic mass is 16.3. The van der Waals surface area contributed by atoms with Gasteiger partial charge >= 0.3 is 0 Å². The number of aliphatic hydroxyl groups is 3. The lowest BCUT2D eigenvalue weighted by molar-refractivity contribution is -0.223. The van der Waals surface area contributed by atoms with Crippen molar-refractivity contribution in [1.82, 2.24) is 0 Å². The Hall–Kier alpha value is -0.380. The molecule has 0 unspecified atom stereocenters. The summed E-state index contributed by atoms with van der Waals surface area (Å²) in [7, 11) is 0. The Labute approximate surface area is 202 Å². The number of allylic oxidation sites excluding steroid dienone is 2. The van der Waals surface area contributed by atoms with Crippen molar-refractivity contribution in [3.8, 4) is 0 Å². The summed E-state index contributed by atoms with van der Waals surface area (Å²) < 4.78 is 0. The van der Waals surface area contributed by atoms with Crippen molar-refractivity contribution >= 4 is 0 Å². The van der Waals surface area contributed by atoms with Gasteiger partial charge in [-0.3, -0.25) is 0 Å². The Morgan fingerprint density at radius 2 is 1.48 bits per heavy atom. The van der Waals surface area contributed by atoms with Crippen LogP contribution in [0.2, 0.25) is 0 Å². The quantitative estimate of drug-likeness (QED) is 0.415. The normalized spacial score (nSPS) is 57.8. The van der Waals surface area contributed by atoms with Gasteiger partial charge in [-0.2, -0.15) is 0 Å². The Kier molecular flexibility index (Phi) is 5.23. The molecule has 0 spiro atoms. The van der Waals surface area contributed by atoms with Gasteiger partial charge in [0.2, 0.25) is 0 Å². The molecule has 4 fully saturated rings. The SMILES string of the molecule is CC1(C)CC[C@]2(C)[C@H](O)C[C@]3(C)C(=CC[C@H]4[C@@]5(C)CC[C@H](O)[C@](C)(CO)[C@@H]5CC[C@]43C)[C@@H]2C1. The molecule has 188 valence electrons. The summed E-state index contributed by atoms with van der Waals surface area (Å²) in [6, 6.07) is 0. The first-order valence-electron chi connectivity index (χ1n) is 13.9. The third kappa shape index (κ3) is 2.91. The molecule has 5 rings (SSSR count). The Morgan fingerprint density at radius 1 is 0.788 bits per heavy atom. The summed E-state index contributed by atoms with van der Waals surface area (Å²) in [6.45, 7) is 17.0. The van der Waals surface area contributed by atoms with Crippen molar-refractivity contribution in [1.29, 1.82) is 0 Å². The molecule has 0 amide bonds. The summed E-state index contributed by atoms with van der Waals surface area (Å²) in [4.78, 5) is 0. The fourth-order valence-corrected chi connectivity index (χ4v) is 10.6. The van der Waals surface area contributed by atoms with E-state index in [0.29, 0.717) is 23.2 Å². The molecule has 0 aromatic rings. The van der Waals surface area contributed by atoms with Crippen LogP contribution in [0.5, 0.6) is 0 Å². The van der Waals surface area contributed by atoms with Gasteiger partial charge in [0, 0.05) is 10.8 Å². The molecule has 0 radical (unpaired) electrons. The monoisotopic (exact) mass is 458 g/mol. The van der Waals surface area contributed by atoms with E-state index in [2.05, 4.69) is 54.5 Å². The van der Waals surface area contributed by atoms with Gasteiger partial charge in [0.25, 0.3) is 0 Å². The summed E-state index contributed by atoms with van der Waals surface area (Å²) in [5, 5.41) is 33.0. The third-order valence-electron chi connectivity index (χ3n) is 13.3. The molecule has 3 N–H and O–H groups in total. The smallest absolute Gasteiger partial charge is 0.0618 e. The maximum absolute atomic E-state index is 11.7. The van der Waals surface area contributed by atoms with Gasteiger partial charge in [0.05, 0.1) is 18.8 Å². The summed E-state index contributed by atoms with van der Waals surface area (Å²) >= 11 is 0. The van der Waals surface area contributed by atoms with E-state index >= 15 is 0 Å². The van der Waals surface area contributed by atoms with E-state index in [9.17, 15) is 15.3 Å². The van der Waals surface area contributed by atoms with Crippen LogP contribution in [0.25, 0.3) is 0 Å². The van der Waals surface area contributed by atoms with Crippen LogP contribution in [-0.4, -0.2) is 34.1 Å². The topological polar surface area (TPSA) is 60.7 Å². The Bertz CT molecular complexity index is 847. The lowest BCUT2D eigenvalue weighted by atomic mass is 9.33. The molecule has 0 aromatic heterocycles. The van der Waals surface area contributed by atoms with Gasteiger partial charge in [-0.25, -0.2) is 0 Å². The van der Waals surface area contributed by atoms with Crippen LogP contribution < -0.4 is 0 Å².